The summed E-state index contributed by atoms with van der Waals surface area (Å²) in [6, 6.07) is 10.6. The summed E-state index contributed by atoms with van der Waals surface area (Å²) in [4.78, 5) is 27.5. The van der Waals surface area contributed by atoms with Crippen LogP contribution in [0.1, 0.15) is 5.56 Å². The first-order valence-corrected chi connectivity index (χ1v) is 20.0. The number of aliphatic hydroxyl groups is 10. The number of aliphatic hydroxyl groups excluding tert-OH is 10. The maximum atomic E-state index is 14.5. The Labute approximate surface area is 370 Å². The predicted octanol–water partition coefficient (Wildman–Crippen LogP) is -3.27. The molecule has 14 N–H and O–H groups in total. The van der Waals surface area contributed by atoms with Crippen LogP contribution >= 0.6 is 0 Å². The average molecular weight is 935 g/mol. The summed E-state index contributed by atoms with van der Waals surface area (Å²) < 4.78 is 45.8. The van der Waals surface area contributed by atoms with Crippen LogP contribution in [0.25, 0.3) is 28.4 Å². The van der Waals surface area contributed by atoms with Crippen LogP contribution in [0.5, 0.6) is 34.5 Å². The molecule has 24 heteroatoms. The van der Waals surface area contributed by atoms with Crippen molar-refractivity contribution < 1.29 is 114 Å². The van der Waals surface area contributed by atoms with E-state index in [9.17, 15) is 81.1 Å². The third-order valence-electron chi connectivity index (χ3n) is 11.0. The van der Waals surface area contributed by atoms with E-state index < -0.39 is 163 Å². The summed E-state index contributed by atoms with van der Waals surface area (Å²) in [5.74, 6) is -5.22. The van der Waals surface area contributed by atoms with Gasteiger partial charge in [0.05, 0.1) is 19.8 Å². The predicted molar refractivity (Wildman–Crippen MR) is 215 cm³/mol. The first-order valence-electron chi connectivity index (χ1n) is 20.0. The number of hydrogen-bond acceptors (Lipinski definition) is 24. The van der Waals surface area contributed by atoms with Gasteiger partial charge in [-0.1, -0.05) is 12.1 Å². The van der Waals surface area contributed by atoms with Crippen molar-refractivity contribution >= 4 is 23.0 Å². The molecule has 4 aromatic rings. The Kier molecular flexibility index (Phi) is 14.7. The van der Waals surface area contributed by atoms with Crippen LogP contribution in [0, 0.1) is 0 Å². The summed E-state index contributed by atoms with van der Waals surface area (Å²) in [6.45, 7) is -2.70. The molecular weight excluding hydrogens is 888 g/mol. The normalized spacial score (nSPS) is 32.6. The summed E-state index contributed by atoms with van der Waals surface area (Å²) >= 11 is 0. The van der Waals surface area contributed by atoms with Crippen LogP contribution in [-0.4, -0.2) is 189 Å². The lowest BCUT2D eigenvalue weighted by atomic mass is 9.97. The van der Waals surface area contributed by atoms with Gasteiger partial charge in [-0.15, -0.1) is 0 Å². The van der Waals surface area contributed by atoms with Crippen LogP contribution in [0.15, 0.2) is 69.9 Å². The highest BCUT2D eigenvalue weighted by Gasteiger charge is 2.53. The molecule has 3 aliphatic heterocycles. The molecular formula is C42H46O24. The number of fused-ring (bicyclic) bond motifs is 1. The number of esters is 1. The highest BCUT2D eigenvalue weighted by Crippen LogP contribution is 2.41. The lowest BCUT2D eigenvalue weighted by Gasteiger charge is -2.46. The molecule has 0 spiro atoms. The molecule has 24 nitrogen and oxygen atoms in total. The minimum absolute atomic E-state index is 0.0523. The van der Waals surface area contributed by atoms with Gasteiger partial charge in [0.15, 0.2) is 35.8 Å². The molecule has 7 rings (SSSR count). The van der Waals surface area contributed by atoms with Crippen molar-refractivity contribution in [2.24, 2.45) is 0 Å². The maximum Gasteiger partial charge on any atom is 0.331 e. The maximum absolute atomic E-state index is 14.5. The number of benzene rings is 3. The quantitative estimate of drug-likeness (QED) is 0.0355. The van der Waals surface area contributed by atoms with E-state index >= 15 is 0 Å². The van der Waals surface area contributed by atoms with E-state index in [1.165, 1.54) is 30.3 Å². The molecule has 3 aromatic carbocycles. The largest absolute Gasteiger partial charge is 0.508 e. The first-order chi connectivity index (χ1) is 31.4. The second-order valence-corrected chi connectivity index (χ2v) is 15.4. The van der Waals surface area contributed by atoms with Crippen molar-refractivity contribution in [2.75, 3.05) is 19.8 Å². The van der Waals surface area contributed by atoms with Crippen molar-refractivity contribution in [1.82, 2.24) is 0 Å². The molecule has 3 saturated heterocycles. The molecule has 1 aromatic heterocycles. The van der Waals surface area contributed by atoms with E-state index in [2.05, 4.69) is 0 Å². The molecule has 0 saturated carbocycles. The Morgan fingerprint density at radius 1 is 0.606 bits per heavy atom. The van der Waals surface area contributed by atoms with Crippen LogP contribution in [0.3, 0.4) is 0 Å². The van der Waals surface area contributed by atoms with Crippen LogP contribution in [0.4, 0.5) is 0 Å². The monoisotopic (exact) mass is 934 g/mol. The fourth-order valence-corrected chi connectivity index (χ4v) is 7.37. The second kappa shape index (κ2) is 20.0. The van der Waals surface area contributed by atoms with Gasteiger partial charge < -0.3 is 109 Å². The van der Waals surface area contributed by atoms with Gasteiger partial charge in [-0.3, -0.25) is 4.79 Å². The molecule has 0 bridgehead atoms. The fourth-order valence-electron chi connectivity index (χ4n) is 7.37. The highest BCUT2D eigenvalue weighted by molar-refractivity contribution is 5.89. The second-order valence-electron chi connectivity index (χ2n) is 15.4. The standard InChI is InChI=1S/C42H46O24/c43-12-23-28(51)32(55)35(58)40(61-23)59-18-10-21(49)27-22(11-18)60-36(16-4-7-19(47)20(48)9-16)37(31(27)54)65-42-39(34(57)30(53)25(14-45)63-42)66-41-38(33(56)29(52)24(13-44)62-41)64-26(50)8-3-15-1-5-17(46)6-2-15/h1-11,23-25,28-30,32-35,38-49,51-53,55-58H,12-14H2/b8-3+/t23-,24+,25-,28+,29+,30+,32+,33-,34-,35-,38+,39-,40+,41-,42-/m0/s1. The Hall–Kier alpha value is -5.68. The Bertz CT molecular complexity index is 2420. The number of rotatable bonds is 13. The average Bonchev–Trinajstić information content (AvgIpc) is 3.29. The molecule has 3 fully saturated rings. The molecule has 15 atom stereocenters. The third-order valence-corrected chi connectivity index (χ3v) is 11.0. The molecule has 0 amide bonds. The van der Waals surface area contributed by atoms with Gasteiger partial charge in [-0.25, -0.2) is 4.79 Å². The van der Waals surface area contributed by atoms with E-state index in [0.29, 0.717) is 5.56 Å². The minimum Gasteiger partial charge on any atom is -0.508 e. The first kappa shape index (κ1) is 48.3. The van der Waals surface area contributed by atoms with Crippen LogP contribution in [0.2, 0.25) is 0 Å². The van der Waals surface area contributed by atoms with Gasteiger partial charge in [-0.2, -0.15) is 0 Å². The van der Waals surface area contributed by atoms with Gasteiger partial charge in [0.2, 0.25) is 23.8 Å². The zero-order valence-corrected chi connectivity index (χ0v) is 34.0. The SMILES string of the molecule is O=C(/C=C/c1ccc(O)cc1)O[C@H]1[C@H](O[C@@H]2[C@H](Oc3c(-c4ccc(O)c(O)c4)oc4cc(O[C@@H]5O[C@@H](CO)[C@@H](O)[C@@H](O)[C@@H]5O)cc(O)c4c3=O)O[C@@H](CO)[C@@H](O)[C@@H]2O)O[C@H](CO)[C@@H](O)[C@@H]1O. The van der Waals surface area contributed by atoms with Crippen molar-refractivity contribution in [2.45, 2.75) is 92.1 Å². The van der Waals surface area contributed by atoms with E-state index in [1.807, 2.05) is 0 Å². The summed E-state index contributed by atoms with van der Waals surface area (Å²) in [5, 5.41) is 146. The minimum atomic E-state index is -2.14. The lowest BCUT2D eigenvalue weighted by Crippen LogP contribution is -2.65. The van der Waals surface area contributed by atoms with Gasteiger partial charge >= 0.3 is 5.97 Å². The summed E-state index contributed by atoms with van der Waals surface area (Å²) in [6.07, 6.45) is -25.9. The fraction of sp³-hybridized carbons (Fsp3) is 0.429. The molecule has 0 unspecified atom stereocenters. The van der Waals surface area contributed by atoms with Crippen molar-refractivity contribution in [3.8, 4) is 45.8 Å². The topological polar surface area (TPSA) is 395 Å². The Balaban J connectivity index is 1.26. The van der Waals surface area contributed by atoms with Crippen LogP contribution < -0.4 is 14.9 Å². The van der Waals surface area contributed by atoms with Crippen molar-refractivity contribution in [3.05, 3.63) is 76.5 Å². The van der Waals surface area contributed by atoms with Gasteiger partial charge in [-0.05, 0) is 42.0 Å². The van der Waals surface area contributed by atoms with Gasteiger partial charge in [0.1, 0.15) is 89.3 Å². The van der Waals surface area contributed by atoms with Crippen LogP contribution in [-0.2, 0) is 28.5 Å². The smallest absolute Gasteiger partial charge is 0.331 e. The number of carbonyl (C=O) groups is 1. The highest BCUT2D eigenvalue weighted by atomic mass is 16.8. The number of phenolic OH excluding ortho intramolecular Hbond substituents is 4. The molecule has 0 aliphatic carbocycles. The number of carbonyl (C=O) groups excluding carboxylic acids is 1. The van der Waals surface area contributed by atoms with Crippen molar-refractivity contribution in [1.29, 1.82) is 0 Å². The Morgan fingerprint density at radius 2 is 1.20 bits per heavy atom. The van der Waals surface area contributed by atoms with Gasteiger partial charge in [0, 0.05) is 23.8 Å². The zero-order valence-electron chi connectivity index (χ0n) is 34.0. The molecule has 4 heterocycles. The summed E-state index contributed by atoms with van der Waals surface area (Å²) in [5.41, 5.74) is -1.45. The number of phenols is 4. The molecule has 3 aliphatic rings. The summed E-state index contributed by atoms with van der Waals surface area (Å²) in [7, 11) is 0. The Morgan fingerprint density at radius 3 is 1.82 bits per heavy atom. The molecule has 358 valence electrons. The van der Waals surface area contributed by atoms with E-state index in [1.54, 1.807) is 0 Å². The number of ether oxygens (including phenoxy) is 7. The van der Waals surface area contributed by atoms with Crippen molar-refractivity contribution in [3.63, 3.8) is 0 Å². The number of hydrogen-bond donors (Lipinski definition) is 14. The zero-order chi connectivity index (χ0) is 47.7. The number of aromatic hydroxyl groups is 4. The van der Waals surface area contributed by atoms with E-state index in [-0.39, 0.29) is 17.1 Å². The van der Waals surface area contributed by atoms with Gasteiger partial charge in [0.25, 0.3) is 0 Å². The molecule has 66 heavy (non-hydrogen) atoms. The van der Waals surface area contributed by atoms with E-state index in [4.69, 9.17) is 37.6 Å². The van der Waals surface area contributed by atoms with E-state index in [0.717, 1.165) is 36.4 Å². The third kappa shape index (κ3) is 9.73. The lowest BCUT2D eigenvalue weighted by molar-refractivity contribution is -0.358. The molecule has 0 radical (unpaired) electrons.